The molecule has 312 valence electrons. The molecule has 0 heterocycles. The zero-order chi connectivity index (χ0) is 40.8. The molecule has 0 saturated heterocycles. The van der Waals surface area contributed by atoms with Crippen molar-refractivity contribution in [2.24, 2.45) is 5.73 Å². The number of nitrogens with zero attached hydrogens (tertiary/aromatic N) is 2. The van der Waals surface area contributed by atoms with E-state index in [-0.39, 0.29) is 43.0 Å². The normalized spacial score (nSPS) is 12.8. The zero-order valence-electron chi connectivity index (χ0n) is 35.7. The molecular weight excluding hydrogens is 691 g/mol. The van der Waals surface area contributed by atoms with E-state index in [9.17, 15) is 14.4 Å². The van der Waals surface area contributed by atoms with E-state index in [1.165, 1.54) is 99.9 Å². The number of Topliss-reactive ketones (excluding diaryl/α,β-unsaturated/α-hetero) is 1. The summed E-state index contributed by atoms with van der Waals surface area (Å²) in [5.74, 6) is 0.144. The molecule has 2 amide bonds. The number of hydrogen-bond acceptors (Lipinski definition) is 9. The quantitative estimate of drug-likeness (QED) is 0.0565. The summed E-state index contributed by atoms with van der Waals surface area (Å²) in [6.45, 7) is 15.9. The van der Waals surface area contributed by atoms with Gasteiger partial charge in [0.1, 0.15) is 12.4 Å². The molecule has 2 aromatic carbocycles. The number of benzene rings is 2. The summed E-state index contributed by atoms with van der Waals surface area (Å²) in [5.41, 5.74) is 10.2. The molecule has 55 heavy (non-hydrogen) atoms. The van der Waals surface area contributed by atoms with Crippen LogP contribution >= 0.6 is 0 Å². The number of carbonyl (C=O) groups excluding carboxylic acids is 3. The van der Waals surface area contributed by atoms with E-state index in [2.05, 4.69) is 83.3 Å². The van der Waals surface area contributed by atoms with Crippen molar-refractivity contribution in [1.82, 2.24) is 31.1 Å². The van der Waals surface area contributed by atoms with Crippen LogP contribution in [0.3, 0.4) is 0 Å². The molecule has 1 aliphatic carbocycles. The molecule has 1 aliphatic rings. The number of ether oxygens (including phenoxy) is 1. The van der Waals surface area contributed by atoms with Gasteiger partial charge >= 0.3 is 6.09 Å². The molecule has 0 bridgehead atoms. The molecule has 2 aromatic rings. The number of unbranched alkanes of at least 4 members (excludes halogenated alkanes) is 8. The SMILES string of the molecule is CC(=O)[C@H](C)NCNC(=O)OCC1c2ccccc2-c2ccccc21.CCCCCCCN(C)CCN.CCCCCCCN(C)CCNC(=O)[C@H](C)NC. The van der Waals surface area contributed by atoms with Crippen LogP contribution < -0.4 is 27.0 Å². The smallest absolute Gasteiger partial charge is 0.408 e. The first-order valence-electron chi connectivity index (χ1n) is 20.8. The van der Waals surface area contributed by atoms with Crippen LogP contribution in [0.4, 0.5) is 4.79 Å². The van der Waals surface area contributed by atoms with Gasteiger partial charge in [0.15, 0.2) is 0 Å². The summed E-state index contributed by atoms with van der Waals surface area (Å²) in [7, 11) is 6.06. The van der Waals surface area contributed by atoms with E-state index in [0.717, 1.165) is 32.7 Å². The molecule has 11 heteroatoms. The lowest BCUT2D eigenvalue weighted by Crippen LogP contribution is -2.43. The van der Waals surface area contributed by atoms with Gasteiger partial charge in [-0.2, -0.15) is 0 Å². The number of rotatable bonds is 25. The van der Waals surface area contributed by atoms with Crippen LogP contribution in [0, 0.1) is 0 Å². The third-order valence-corrected chi connectivity index (χ3v) is 10.0. The van der Waals surface area contributed by atoms with Crippen molar-refractivity contribution >= 4 is 17.8 Å². The average molecular weight is 768 g/mol. The van der Waals surface area contributed by atoms with E-state index in [0.29, 0.717) is 0 Å². The first-order valence-corrected chi connectivity index (χ1v) is 20.8. The van der Waals surface area contributed by atoms with Crippen molar-refractivity contribution in [3.05, 3.63) is 59.7 Å². The van der Waals surface area contributed by atoms with Gasteiger partial charge in [0, 0.05) is 32.1 Å². The van der Waals surface area contributed by atoms with E-state index in [4.69, 9.17) is 10.5 Å². The monoisotopic (exact) mass is 768 g/mol. The Morgan fingerprint density at radius 3 is 1.73 bits per heavy atom. The standard InChI is InChI=1S/C20H22N2O3.C14H31N3O.C10H24N2/c1-13(14(2)23)21-12-22-20(24)25-11-19-17-9-5-3-7-15(17)16-8-4-6-10-18(16)19;1-5-6-7-8-9-11-17(4)12-10-16-14(18)13(2)15-3;1-3-4-5-6-7-9-12(2)10-8-11/h3-10,13,19,21H,11-12H2,1-2H3,(H,22,24);13,15H,5-12H2,1-4H3,(H,16,18);3-11H2,1-2H3/t2*13-;/m00./s1. The van der Waals surface area contributed by atoms with Crippen LogP contribution in [0.5, 0.6) is 0 Å². The predicted molar refractivity (Wildman–Crippen MR) is 229 cm³/mol. The van der Waals surface area contributed by atoms with Gasteiger partial charge in [-0.15, -0.1) is 0 Å². The van der Waals surface area contributed by atoms with Gasteiger partial charge in [-0.3, -0.25) is 14.9 Å². The van der Waals surface area contributed by atoms with Crippen LogP contribution in [0.15, 0.2) is 48.5 Å². The van der Waals surface area contributed by atoms with Gasteiger partial charge < -0.3 is 36.2 Å². The Morgan fingerprint density at radius 1 is 0.727 bits per heavy atom. The molecule has 0 radical (unpaired) electrons. The largest absolute Gasteiger partial charge is 0.449 e. The summed E-state index contributed by atoms with van der Waals surface area (Å²) in [6.07, 6.45) is 12.9. The molecule has 0 fully saturated rings. The lowest BCUT2D eigenvalue weighted by Gasteiger charge is -2.17. The van der Waals surface area contributed by atoms with Crippen LogP contribution in [-0.4, -0.2) is 113 Å². The second-order valence-electron chi connectivity index (χ2n) is 14.7. The Hall–Kier alpha value is -3.35. The number of nitrogens with two attached hydrogens (primary N) is 1. The highest BCUT2D eigenvalue weighted by Crippen LogP contribution is 2.44. The molecule has 3 rings (SSSR count). The fourth-order valence-corrected chi connectivity index (χ4v) is 6.14. The molecular formula is C44H77N7O4. The molecule has 0 unspecified atom stereocenters. The molecule has 0 spiro atoms. The highest BCUT2D eigenvalue weighted by Gasteiger charge is 2.29. The summed E-state index contributed by atoms with van der Waals surface area (Å²) in [5, 5.41) is 11.4. The van der Waals surface area contributed by atoms with Crippen molar-refractivity contribution in [1.29, 1.82) is 0 Å². The van der Waals surface area contributed by atoms with Crippen LogP contribution in [0.25, 0.3) is 11.1 Å². The molecule has 11 nitrogen and oxygen atoms in total. The second kappa shape index (κ2) is 30.8. The summed E-state index contributed by atoms with van der Waals surface area (Å²) < 4.78 is 5.41. The molecule has 0 saturated carbocycles. The summed E-state index contributed by atoms with van der Waals surface area (Å²) >= 11 is 0. The van der Waals surface area contributed by atoms with Crippen LogP contribution in [-0.2, 0) is 14.3 Å². The fraction of sp³-hybridized carbons (Fsp3) is 0.659. The average Bonchev–Trinajstić information content (AvgIpc) is 3.50. The van der Waals surface area contributed by atoms with Crippen molar-refractivity contribution in [3.63, 3.8) is 0 Å². The van der Waals surface area contributed by atoms with Gasteiger partial charge in [0.25, 0.3) is 0 Å². The van der Waals surface area contributed by atoms with E-state index in [1.54, 1.807) is 14.0 Å². The number of fused-ring (bicyclic) bond motifs is 3. The van der Waals surface area contributed by atoms with Crippen molar-refractivity contribution in [2.45, 2.75) is 117 Å². The number of likely N-dealkylation sites (N-methyl/N-ethyl adjacent to an activating group) is 3. The van der Waals surface area contributed by atoms with Gasteiger partial charge in [0.05, 0.1) is 18.8 Å². The van der Waals surface area contributed by atoms with E-state index in [1.807, 2.05) is 31.2 Å². The third-order valence-electron chi connectivity index (χ3n) is 10.0. The zero-order valence-corrected chi connectivity index (χ0v) is 35.7. The van der Waals surface area contributed by atoms with Gasteiger partial charge in [-0.25, -0.2) is 4.79 Å². The first-order chi connectivity index (χ1) is 26.5. The Balaban J connectivity index is 0.000000444. The number of nitrogens with one attached hydrogen (secondary N) is 4. The second-order valence-corrected chi connectivity index (χ2v) is 14.7. The molecule has 0 aromatic heterocycles. The third kappa shape index (κ3) is 21.5. The Morgan fingerprint density at radius 2 is 1.24 bits per heavy atom. The Labute approximate surface area is 334 Å². The highest BCUT2D eigenvalue weighted by molar-refractivity contribution is 5.81. The van der Waals surface area contributed by atoms with E-state index >= 15 is 0 Å². The minimum Gasteiger partial charge on any atom is -0.449 e. The molecule has 0 aliphatic heterocycles. The van der Waals surface area contributed by atoms with Gasteiger partial charge in [0.2, 0.25) is 5.91 Å². The fourth-order valence-electron chi connectivity index (χ4n) is 6.14. The number of hydrogen-bond donors (Lipinski definition) is 5. The van der Waals surface area contributed by atoms with Crippen molar-refractivity contribution in [3.8, 4) is 11.1 Å². The number of alkyl carbamates (subject to hydrolysis) is 1. The minimum atomic E-state index is -0.495. The Bertz CT molecular complexity index is 1280. The predicted octanol–water partition coefficient (Wildman–Crippen LogP) is 6.51. The van der Waals surface area contributed by atoms with Gasteiger partial charge in [-0.1, -0.05) is 114 Å². The topological polar surface area (TPSA) is 141 Å². The molecule has 6 N–H and O–H groups in total. The minimum absolute atomic E-state index is 0.0225. The first kappa shape index (κ1) is 49.7. The van der Waals surface area contributed by atoms with E-state index < -0.39 is 6.09 Å². The highest BCUT2D eigenvalue weighted by atomic mass is 16.5. The lowest BCUT2D eigenvalue weighted by molar-refractivity contribution is -0.122. The van der Waals surface area contributed by atoms with Gasteiger partial charge in [-0.05, 0) is 90.1 Å². The maximum atomic E-state index is 11.9. The van der Waals surface area contributed by atoms with Crippen molar-refractivity contribution < 1.29 is 19.1 Å². The lowest BCUT2D eigenvalue weighted by atomic mass is 9.98. The summed E-state index contributed by atoms with van der Waals surface area (Å²) in [4.78, 5) is 39.2. The maximum absolute atomic E-state index is 11.9. The van der Waals surface area contributed by atoms with Crippen molar-refractivity contribution in [2.75, 3.05) is 73.7 Å². The maximum Gasteiger partial charge on any atom is 0.408 e. The number of ketones is 1. The number of amides is 2. The summed E-state index contributed by atoms with van der Waals surface area (Å²) in [6, 6.07) is 16.0. The number of carbonyl (C=O) groups is 3. The van der Waals surface area contributed by atoms with Crippen LogP contribution in [0.1, 0.15) is 116 Å². The van der Waals surface area contributed by atoms with Crippen LogP contribution in [0.2, 0.25) is 0 Å². The molecule has 2 atom stereocenters. The Kier molecular flexibility index (Phi) is 27.8.